The molecule has 0 aliphatic rings. The van der Waals surface area contributed by atoms with Gasteiger partial charge in [0.25, 0.3) is 0 Å². The molecule has 0 saturated carbocycles. The third-order valence-electron chi connectivity index (χ3n) is 4.17. The van der Waals surface area contributed by atoms with Gasteiger partial charge in [-0.25, -0.2) is 0 Å². The molecule has 0 spiro atoms. The van der Waals surface area contributed by atoms with Gasteiger partial charge in [-0.2, -0.15) is 0 Å². The molecule has 0 aliphatic heterocycles. The summed E-state index contributed by atoms with van der Waals surface area (Å²) in [6, 6.07) is 13.9. The minimum atomic E-state index is -0.550. The van der Waals surface area contributed by atoms with Gasteiger partial charge in [0.15, 0.2) is 11.5 Å². The topological polar surface area (TPSA) is 60.0 Å². The molecule has 0 heterocycles. The predicted octanol–water partition coefficient (Wildman–Crippen LogP) is 2.84. The van der Waals surface area contributed by atoms with Crippen LogP contribution in [0.4, 0.5) is 0 Å². The summed E-state index contributed by atoms with van der Waals surface area (Å²) in [6.45, 7) is 3.63. The standard InChI is InChI=1S/C21H29NO4/c1-4-16-6-5-7-19(12-16)26-15-18(23)14-22-11-10-17-8-9-20(24-2)21(13-17)25-3/h5-9,12-13,18,22-23H,4,10-11,14-15H2,1-3H3/t18-/m1/s1. The number of hydrogen-bond acceptors (Lipinski definition) is 5. The van der Waals surface area contributed by atoms with Crippen molar-refractivity contribution in [2.75, 3.05) is 33.9 Å². The first-order chi connectivity index (χ1) is 12.7. The van der Waals surface area contributed by atoms with Crippen LogP contribution in [0.5, 0.6) is 17.2 Å². The van der Waals surface area contributed by atoms with E-state index in [1.165, 1.54) is 5.56 Å². The minimum Gasteiger partial charge on any atom is -0.493 e. The largest absolute Gasteiger partial charge is 0.493 e. The first kappa shape index (κ1) is 20.1. The maximum Gasteiger partial charge on any atom is 0.160 e. The van der Waals surface area contributed by atoms with E-state index in [4.69, 9.17) is 14.2 Å². The molecule has 0 unspecified atom stereocenters. The van der Waals surface area contributed by atoms with Gasteiger partial charge in [-0.1, -0.05) is 25.1 Å². The van der Waals surface area contributed by atoms with Gasteiger partial charge in [-0.05, 0) is 54.8 Å². The number of hydrogen-bond donors (Lipinski definition) is 2. The zero-order valence-electron chi connectivity index (χ0n) is 15.8. The Hall–Kier alpha value is -2.24. The van der Waals surface area contributed by atoms with Crippen LogP contribution < -0.4 is 19.5 Å². The Balaban J connectivity index is 1.69. The molecule has 0 amide bonds. The molecule has 5 nitrogen and oxygen atoms in total. The highest BCUT2D eigenvalue weighted by molar-refractivity contribution is 5.42. The van der Waals surface area contributed by atoms with Crippen LogP contribution in [0.3, 0.4) is 0 Å². The van der Waals surface area contributed by atoms with E-state index in [0.29, 0.717) is 6.54 Å². The van der Waals surface area contributed by atoms with Gasteiger partial charge in [-0.3, -0.25) is 0 Å². The average molecular weight is 359 g/mol. The average Bonchev–Trinajstić information content (AvgIpc) is 2.69. The lowest BCUT2D eigenvalue weighted by molar-refractivity contribution is 0.106. The molecule has 0 radical (unpaired) electrons. The van der Waals surface area contributed by atoms with E-state index in [1.54, 1.807) is 14.2 Å². The highest BCUT2D eigenvalue weighted by atomic mass is 16.5. The van der Waals surface area contributed by atoms with Gasteiger partial charge in [0.2, 0.25) is 0 Å². The number of methoxy groups -OCH3 is 2. The Bertz CT molecular complexity index is 675. The van der Waals surface area contributed by atoms with E-state index in [0.717, 1.165) is 42.2 Å². The molecule has 26 heavy (non-hydrogen) atoms. The lowest BCUT2D eigenvalue weighted by Crippen LogP contribution is -2.32. The Kier molecular flexibility index (Phi) is 8.25. The first-order valence-corrected chi connectivity index (χ1v) is 8.97. The van der Waals surface area contributed by atoms with Crippen molar-refractivity contribution in [1.82, 2.24) is 5.32 Å². The van der Waals surface area contributed by atoms with E-state index in [9.17, 15) is 5.11 Å². The fourth-order valence-electron chi connectivity index (χ4n) is 2.64. The number of aliphatic hydroxyl groups is 1. The summed E-state index contributed by atoms with van der Waals surface area (Å²) in [5.74, 6) is 2.25. The summed E-state index contributed by atoms with van der Waals surface area (Å²) in [4.78, 5) is 0. The normalized spacial score (nSPS) is 11.8. The summed E-state index contributed by atoms with van der Waals surface area (Å²) >= 11 is 0. The zero-order chi connectivity index (χ0) is 18.8. The van der Waals surface area contributed by atoms with E-state index in [1.807, 2.05) is 36.4 Å². The molecule has 0 fully saturated rings. The number of aliphatic hydroxyl groups excluding tert-OH is 1. The van der Waals surface area contributed by atoms with Crippen LogP contribution in [-0.2, 0) is 12.8 Å². The van der Waals surface area contributed by atoms with Gasteiger partial charge in [-0.15, -0.1) is 0 Å². The molecule has 0 saturated heterocycles. The first-order valence-electron chi connectivity index (χ1n) is 8.97. The van der Waals surface area contributed by atoms with Crippen molar-refractivity contribution in [3.63, 3.8) is 0 Å². The maximum atomic E-state index is 10.1. The Morgan fingerprint density at radius 1 is 1.00 bits per heavy atom. The van der Waals surface area contributed by atoms with Crippen molar-refractivity contribution in [3.8, 4) is 17.2 Å². The maximum absolute atomic E-state index is 10.1. The molecular weight excluding hydrogens is 330 g/mol. The van der Waals surface area contributed by atoms with Gasteiger partial charge in [0.05, 0.1) is 14.2 Å². The van der Waals surface area contributed by atoms with Gasteiger partial charge >= 0.3 is 0 Å². The molecule has 0 aliphatic carbocycles. The fourth-order valence-corrected chi connectivity index (χ4v) is 2.64. The molecule has 2 rings (SSSR count). The number of benzene rings is 2. The molecule has 2 aromatic carbocycles. The van der Waals surface area contributed by atoms with Crippen LogP contribution in [0.1, 0.15) is 18.1 Å². The monoisotopic (exact) mass is 359 g/mol. The predicted molar refractivity (Wildman–Crippen MR) is 103 cm³/mol. The number of aryl methyl sites for hydroxylation is 1. The fraction of sp³-hybridized carbons (Fsp3) is 0.429. The Morgan fingerprint density at radius 3 is 2.54 bits per heavy atom. The van der Waals surface area contributed by atoms with Crippen LogP contribution >= 0.6 is 0 Å². The summed E-state index contributed by atoms with van der Waals surface area (Å²) in [5, 5.41) is 13.3. The summed E-state index contributed by atoms with van der Waals surface area (Å²) in [7, 11) is 3.26. The minimum absolute atomic E-state index is 0.274. The third kappa shape index (κ3) is 6.24. The van der Waals surface area contributed by atoms with Crippen LogP contribution in [0, 0.1) is 0 Å². The van der Waals surface area contributed by atoms with Crippen LogP contribution in [-0.4, -0.2) is 45.1 Å². The molecular formula is C21H29NO4. The van der Waals surface area contributed by atoms with Crippen LogP contribution in [0.2, 0.25) is 0 Å². The van der Waals surface area contributed by atoms with E-state index in [-0.39, 0.29) is 6.61 Å². The van der Waals surface area contributed by atoms with Crippen molar-refractivity contribution >= 4 is 0 Å². The third-order valence-corrected chi connectivity index (χ3v) is 4.17. The number of rotatable bonds is 11. The summed E-state index contributed by atoms with van der Waals surface area (Å²) in [6.07, 6.45) is 1.26. The highest BCUT2D eigenvalue weighted by Crippen LogP contribution is 2.27. The Labute approximate surface area is 155 Å². The van der Waals surface area contributed by atoms with E-state index >= 15 is 0 Å². The second kappa shape index (κ2) is 10.7. The Morgan fingerprint density at radius 2 is 1.81 bits per heavy atom. The van der Waals surface area contributed by atoms with Crippen molar-refractivity contribution in [2.24, 2.45) is 0 Å². The highest BCUT2D eigenvalue weighted by Gasteiger charge is 2.07. The lowest BCUT2D eigenvalue weighted by atomic mass is 10.1. The summed E-state index contributed by atoms with van der Waals surface area (Å²) < 4.78 is 16.2. The molecule has 0 aromatic heterocycles. The number of ether oxygens (including phenoxy) is 3. The molecule has 2 N–H and O–H groups in total. The molecule has 2 aromatic rings. The SMILES string of the molecule is CCc1cccc(OC[C@H](O)CNCCc2ccc(OC)c(OC)c2)c1. The quantitative estimate of drug-likeness (QED) is 0.604. The van der Waals surface area contributed by atoms with Crippen molar-refractivity contribution in [3.05, 3.63) is 53.6 Å². The van der Waals surface area contributed by atoms with Crippen LogP contribution in [0.15, 0.2) is 42.5 Å². The molecule has 0 bridgehead atoms. The van der Waals surface area contributed by atoms with Crippen molar-refractivity contribution < 1.29 is 19.3 Å². The molecule has 1 atom stereocenters. The summed E-state index contributed by atoms with van der Waals surface area (Å²) in [5.41, 5.74) is 2.38. The van der Waals surface area contributed by atoms with E-state index in [2.05, 4.69) is 18.3 Å². The van der Waals surface area contributed by atoms with Gasteiger partial charge < -0.3 is 24.6 Å². The van der Waals surface area contributed by atoms with Gasteiger partial charge in [0.1, 0.15) is 18.5 Å². The molecule has 5 heteroatoms. The van der Waals surface area contributed by atoms with Gasteiger partial charge in [0, 0.05) is 6.54 Å². The van der Waals surface area contributed by atoms with Crippen LogP contribution in [0.25, 0.3) is 0 Å². The second-order valence-corrected chi connectivity index (χ2v) is 6.11. The smallest absolute Gasteiger partial charge is 0.160 e. The molecule has 142 valence electrons. The van der Waals surface area contributed by atoms with E-state index < -0.39 is 6.10 Å². The second-order valence-electron chi connectivity index (χ2n) is 6.11. The number of nitrogens with one attached hydrogen (secondary N) is 1. The lowest BCUT2D eigenvalue weighted by Gasteiger charge is -2.14. The zero-order valence-corrected chi connectivity index (χ0v) is 15.8. The van der Waals surface area contributed by atoms with Crippen molar-refractivity contribution in [2.45, 2.75) is 25.9 Å². The van der Waals surface area contributed by atoms with Crippen molar-refractivity contribution in [1.29, 1.82) is 0 Å².